The minimum absolute atomic E-state index is 0.0495. The molecule has 6 heteroatoms. The first kappa shape index (κ1) is 15.1. The maximum absolute atomic E-state index is 10.9. The topological polar surface area (TPSA) is 81.5 Å². The number of ether oxygens (including phenoxy) is 1. The third-order valence-electron chi connectivity index (χ3n) is 2.75. The molecule has 1 aromatic carbocycles. The van der Waals surface area contributed by atoms with Crippen LogP contribution in [0.15, 0.2) is 18.2 Å². The number of hydrogen-bond acceptors (Lipinski definition) is 4. The number of rotatable bonds is 7. The summed E-state index contributed by atoms with van der Waals surface area (Å²) in [5.41, 5.74) is 1.97. The molecule has 0 radical (unpaired) electrons. The SMILES string of the molecule is CCC(=O)NCOCCc1ccc([N+](=O)[O-])cc1C. The molecule has 1 rings (SSSR count). The van der Waals surface area contributed by atoms with E-state index in [-0.39, 0.29) is 18.3 Å². The number of nitrogens with one attached hydrogen (secondary N) is 1. The van der Waals surface area contributed by atoms with E-state index < -0.39 is 4.92 Å². The van der Waals surface area contributed by atoms with Crippen LogP contribution in [-0.2, 0) is 16.0 Å². The molecule has 1 N–H and O–H groups in total. The maximum Gasteiger partial charge on any atom is 0.269 e. The molecule has 0 bridgehead atoms. The largest absolute Gasteiger partial charge is 0.361 e. The standard InChI is InChI=1S/C13H18N2O4/c1-3-13(16)14-9-19-7-6-11-4-5-12(15(17)18)8-10(11)2/h4-5,8H,3,6-7,9H2,1-2H3,(H,14,16). The fraction of sp³-hybridized carbons (Fsp3) is 0.462. The molecule has 104 valence electrons. The second-order valence-corrected chi connectivity index (χ2v) is 4.12. The summed E-state index contributed by atoms with van der Waals surface area (Å²) >= 11 is 0. The van der Waals surface area contributed by atoms with Crippen molar-refractivity contribution in [1.29, 1.82) is 0 Å². The van der Waals surface area contributed by atoms with Crippen LogP contribution in [0.3, 0.4) is 0 Å². The lowest BCUT2D eigenvalue weighted by molar-refractivity contribution is -0.384. The number of nitro benzene ring substituents is 1. The summed E-state index contributed by atoms with van der Waals surface area (Å²) in [6.45, 7) is 4.26. The molecule has 0 aliphatic carbocycles. The van der Waals surface area contributed by atoms with Gasteiger partial charge in [0.2, 0.25) is 5.91 Å². The molecule has 19 heavy (non-hydrogen) atoms. The van der Waals surface area contributed by atoms with E-state index >= 15 is 0 Å². The number of carbonyl (C=O) groups excluding carboxylic acids is 1. The van der Waals surface area contributed by atoms with Crippen LogP contribution < -0.4 is 5.32 Å². The zero-order valence-corrected chi connectivity index (χ0v) is 11.1. The van der Waals surface area contributed by atoms with Gasteiger partial charge in [0.15, 0.2) is 0 Å². The van der Waals surface area contributed by atoms with Crippen molar-refractivity contribution < 1.29 is 14.5 Å². The van der Waals surface area contributed by atoms with Crippen LogP contribution in [0.5, 0.6) is 0 Å². The van der Waals surface area contributed by atoms with E-state index in [1.807, 2.05) is 6.92 Å². The summed E-state index contributed by atoms with van der Waals surface area (Å²) in [5, 5.41) is 13.2. The summed E-state index contributed by atoms with van der Waals surface area (Å²) in [6.07, 6.45) is 1.09. The molecule has 0 unspecified atom stereocenters. The van der Waals surface area contributed by atoms with Gasteiger partial charge in [-0.05, 0) is 24.5 Å². The fourth-order valence-electron chi connectivity index (χ4n) is 1.58. The highest BCUT2D eigenvalue weighted by molar-refractivity contribution is 5.75. The quantitative estimate of drug-likeness (QED) is 0.354. The third kappa shape index (κ3) is 5.05. The second-order valence-electron chi connectivity index (χ2n) is 4.12. The van der Waals surface area contributed by atoms with Gasteiger partial charge in [0.05, 0.1) is 11.5 Å². The lowest BCUT2D eigenvalue weighted by atomic mass is 10.1. The highest BCUT2D eigenvalue weighted by Gasteiger charge is 2.07. The summed E-state index contributed by atoms with van der Waals surface area (Å²) in [7, 11) is 0. The molecule has 0 aromatic heterocycles. The normalized spacial score (nSPS) is 10.2. The number of aryl methyl sites for hydroxylation is 1. The molecule has 1 amide bonds. The molecular formula is C13H18N2O4. The Morgan fingerprint density at radius 2 is 2.21 bits per heavy atom. The van der Waals surface area contributed by atoms with Gasteiger partial charge in [0.25, 0.3) is 5.69 Å². The molecule has 0 saturated carbocycles. The Kier molecular flexibility index (Phi) is 5.95. The first-order chi connectivity index (χ1) is 9.04. The molecule has 0 heterocycles. The van der Waals surface area contributed by atoms with Crippen LogP contribution >= 0.6 is 0 Å². The number of benzene rings is 1. The van der Waals surface area contributed by atoms with Gasteiger partial charge in [-0.15, -0.1) is 0 Å². The van der Waals surface area contributed by atoms with Crippen LogP contribution in [0.2, 0.25) is 0 Å². The van der Waals surface area contributed by atoms with E-state index in [1.165, 1.54) is 6.07 Å². The van der Waals surface area contributed by atoms with Gasteiger partial charge in [-0.1, -0.05) is 13.0 Å². The summed E-state index contributed by atoms with van der Waals surface area (Å²) < 4.78 is 5.28. The highest BCUT2D eigenvalue weighted by atomic mass is 16.6. The molecule has 0 aliphatic rings. The Labute approximate surface area is 111 Å². The predicted octanol–water partition coefficient (Wildman–Crippen LogP) is 1.95. The van der Waals surface area contributed by atoms with Crippen molar-refractivity contribution in [2.45, 2.75) is 26.7 Å². The van der Waals surface area contributed by atoms with Crippen LogP contribution in [0.1, 0.15) is 24.5 Å². The molecular weight excluding hydrogens is 248 g/mol. The van der Waals surface area contributed by atoms with E-state index in [9.17, 15) is 14.9 Å². The van der Waals surface area contributed by atoms with Crippen molar-refractivity contribution in [2.75, 3.05) is 13.3 Å². The van der Waals surface area contributed by atoms with Crippen LogP contribution in [0.4, 0.5) is 5.69 Å². The zero-order chi connectivity index (χ0) is 14.3. The van der Waals surface area contributed by atoms with Gasteiger partial charge in [-0.2, -0.15) is 0 Å². The van der Waals surface area contributed by atoms with E-state index in [1.54, 1.807) is 19.1 Å². The minimum Gasteiger partial charge on any atom is -0.361 e. The average molecular weight is 266 g/mol. The summed E-state index contributed by atoms with van der Waals surface area (Å²) in [4.78, 5) is 21.1. The molecule has 6 nitrogen and oxygen atoms in total. The Hall–Kier alpha value is -1.95. The monoisotopic (exact) mass is 266 g/mol. The molecule has 0 fully saturated rings. The number of nitrogens with zero attached hydrogens (tertiary/aromatic N) is 1. The van der Waals surface area contributed by atoms with E-state index in [0.29, 0.717) is 19.4 Å². The average Bonchev–Trinajstić information content (AvgIpc) is 2.39. The summed E-state index contributed by atoms with van der Waals surface area (Å²) in [6, 6.07) is 4.77. The number of hydrogen-bond donors (Lipinski definition) is 1. The van der Waals surface area contributed by atoms with Gasteiger partial charge in [-0.25, -0.2) is 0 Å². The maximum atomic E-state index is 10.9. The molecule has 0 atom stereocenters. The summed E-state index contributed by atoms with van der Waals surface area (Å²) in [5.74, 6) is -0.0495. The number of carbonyl (C=O) groups is 1. The van der Waals surface area contributed by atoms with Crippen LogP contribution in [-0.4, -0.2) is 24.2 Å². The van der Waals surface area contributed by atoms with Gasteiger partial charge in [0.1, 0.15) is 6.73 Å². The lowest BCUT2D eigenvalue weighted by Gasteiger charge is -2.07. The minimum atomic E-state index is -0.409. The predicted molar refractivity (Wildman–Crippen MR) is 70.8 cm³/mol. The molecule has 0 spiro atoms. The van der Waals surface area contributed by atoms with Crippen molar-refractivity contribution in [3.05, 3.63) is 39.4 Å². The third-order valence-corrected chi connectivity index (χ3v) is 2.75. The molecule has 0 saturated heterocycles. The highest BCUT2D eigenvalue weighted by Crippen LogP contribution is 2.17. The van der Waals surface area contributed by atoms with Crippen molar-refractivity contribution in [3.63, 3.8) is 0 Å². The Morgan fingerprint density at radius 1 is 1.47 bits per heavy atom. The molecule has 1 aromatic rings. The van der Waals surface area contributed by atoms with Crippen molar-refractivity contribution in [2.24, 2.45) is 0 Å². The van der Waals surface area contributed by atoms with E-state index in [4.69, 9.17) is 4.74 Å². The van der Waals surface area contributed by atoms with Crippen molar-refractivity contribution in [1.82, 2.24) is 5.32 Å². The van der Waals surface area contributed by atoms with Gasteiger partial charge in [-0.3, -0.25) is 14.9 Å². The second kappa shape index (κ2) is 7.48. The number of nitro groups is 1. The molecule has 0 aliphatic heterocycles. The number of non-ortho nitro benzene ring substituents is 1. The van der Waals surface area contributed by atoms with Gasteiger partial charge in [0, 0.05) is 18.6 Å². The van der Waals surface area contributed by atoms with Gasteiger partial charge < -0.3 is 10.1 Å². The first-order valence-corrected chi connectivity index (χ1v) is 6.13. The Bertz CT molecular complexity index is 460. The number of amides is 1. The Balaban J connectivity index is 2.37. The van der Waals surface area contributed by atoms with E-state index in [0.717, 1.165) is 11.1 Å². The van der Waals surface area contributed by atoms with Crippen LogP contribution in [0.25, 0.3) is 0 Å². The Morgan fingerprint density at radius 3 is 2.79 bits per heavy atom. The lowest BCUT2D eigenvalue weighted by Crippen LogP contribution is -2.25. The zero-order valence-electron chi connectivity index (χ0n) is 11.1. The van der Waals surface area contributed by atoms with Crippen LogP contribution in [0, 0.1) is 17.0 Å². The van der Waals surface area contributed by atoms with Gasteiger partial charge >= 0.3 is 0 Å². The fourth-order valence-corrected chi connectivity index (χ4v) is 1.58. The van der Waals surface area contributed by atoms with Crippen molar-refractivity contribution in [3.8, 4) is 0 Å². The first-order valence-electron chi connectivity index (χ1n) is 6.13. The van der Waals surface area contributed by atoms with Crippen molar-refractivity contribution >= 4 is 11.6 Å². The smallest absolute Gasteiger partial charge is 0.269 e. The van der Waals surface area contributed by atoms with E-state index in [2.05, 4.69) is 5.32 Å².